The van der Waals surface area contributed by atoms with Crippen molar-refractivity contribution in [1.29, 1.82) is 0 Å². The Morgan fingerprint density at radius 3 is 2.52 bits per heavy atom. The molecule has 1 amide bonds. The average Bonchev–Trinajstić information content (AvgIpc) is 2.55. The van der Waals surface area contributed by atoms with E-state index in [1.807, 2.05) is 6.07 Å². The maximum absolute atomic E-state index is 13.7. The van der Waals surface area contributed by atoms with Gasteiger partial charge in [-0.1, -0.05) is 23.7 Å². The molecule has 1 N–H and O–H groups in total. The molecular weight excluding hydrogens is 321 g/mol. The number of hydrogen-bond acceptors (Lipinski definition) is 3. The molecule has 0 aliphatic heterocycles. The second kappa shape index (κ2) is 7.83. The fourth-order valence-electron chi connectivity index (χ4n) is 2.09. The van der Waals surface area contributed by atoms with Crippen LogP contribution < -0.4 is 14.8 Å². The van der Waals surface area contributed by atoms with Crippen molar-refractivity contribution in [2.24, 2.45) is 0 Å². The summed E-state index contributed by atoms with van der Waals surface area (Å²) in [7, 11) is 3.10. The zero-order valence-corrected chi connectivity index (χ0v) is 13.6. The van der Waals surface area contributed by atoms with Crippen LogP contribution in [-0.2, 0) is 17.8 Å². The van der Waals surface area contributed by atoms with Gasteiger partial charge in [0.15, 0.2) is 11.5 Å². The minimum absolute atomic E-state index is 0.0453. The van der Waals surface area contributed by atoms with E-state index >= 15 is 0 Å². The fourth-order valence-corrected chi connectivity index (χ4v) is 2.25. The van der Waals surface area contributed by atoms with Crippen molar-refractivity contribution in [2.45, 2.75) is 13.0 Å². The van der Waals surface area contributed by atoms with Crippen LogP contribution in [-0.4, -0.2) is 20.1 Å². The van der Waals surface area contributed by atoms with Crippen LogP contribution in [0.5, 0.6) is 11.5 Å². The molecule has 0 aliphatic carbocycles. The fraction of sp³-hybridized carbons (Fsp3) is 0.235. The highest BCUT2D eigenvalue weighted by Gasteiger charge is 2.10. The first-order valence-electron chi connectivity index (χ1n) is 6.95. The molecule has 6 heteroatoms. The molecule has 0 radical (unpaired) electrons. The van der Waals surface area contributed by atoms with Crippen LogP contribution in [0.25, 0.3) is 0 Å². The van der Waals surface area contributed by atoms with Crippen molar-refractivity contribution >= 4 is 17.5 Å². The van der Waals surface area contributed by atoms with Crippen molar-refractivity contribution in [1.82, 2.24) is 5.32 Å². The lowest BCUT2D eigenvalue weighted by Crippen LogP contribution is -2.24. The second-order valence-electron chi connectivity index (χ2n) is 4.88. The Kier molecular flexibility index (Phi) is 5.82. The van der Waals surface area contributed by atoms with E-state index in [2.05, 4.69) is 5.32 Å². The molecule has 0 spiro atoms. The molecule has 0 aliphatic rings. The molecule has 2 rings (SSSR count). The van der Waals surface area contributed by atoms with Crippen molar-refractivity contribution in [3.05, 3.63) is 58.4 Å². The highest BCUT2D eigenvalue weighted by molar-refractivity contribution is 6.30. The summed E-state index contributed by atoms with van der Waals surface area (Å²) in [6, 6.07) is 9.62. The Labute approximate surface area is 139 Å². The van der Waals surface area contributed by atoms with E-state index in [-0.39, 0.29) is 12.3 Å². The van der Waals surface area contributed by atoms with Crippen LogP contribution in [0.15, 0.2) is 36.4 Å². The van der Waals surface area contributed by atoms with Crippen LogP contribution >= 0.6 is 11.6 Å². The first-order valence-corrected chi connectivity index (χ1v) is 7.33. The van der Waals surface area contributed by atoms with Gasteiger partial charge in [0.2, 0.25) is 5.91 Å². The van der Waals surface area contributed by atoms with E-state index in [0.717, 1.165) is 5.56 Å². The van der Waals surface area contributed by atoms with Crippen molar-refractivity contribution < 1.29 is 18.7 Å². The summed E-state index contributed by atoms with van der Waals surface area (Å²) in [5, 5.41) is 3.05. The lowest BCUT2D eigenvalue weighted by atomic mass is 10.1. The van der Waals surface area contributed by atoms with Gasteiger partial charge in [-0.3, -0.25) is 4.79 Å². The summed E-state index contributed by atoms with van der Waals surface area (Å²) >= 11 is 5.69. The number of carbonyl (C=O) groups is 1. The third-order valence-electron chi connectivity index (χ3n) is 3.30. The molecule has 0 atom stereocenters. The Balaban J connectivity index is 1.96. The molecular formula is C17H17ClFNO3. The molecule has 0 fully saturated rings. The molecule has 0 heterocycles. The Hall–Kier alpha value is -2.27. The summed E-state index contributed by atoms with van der Waals surface area (Å²) in [5.74, 6) is 0.439. The minimum atomic E-state index is -0.487. The highest BCUT2D eigenvalue weighted by Crippen LogP contribution is 2.27. The van der Waals surface area contributed by atoms with Gasteiger partial charge < -0.3 is 14.8 Å². The second-order valence-corrected chi connectivity index (χ2v) is 5.32. The van der Waals surface area contributed by atoms with Gasteiger partial charge in [-0.25, -0.2) is 4.39 Å². The highest BCUT2D eigenvalue weighted by atomic mass is 35.5. The third-order valence-corrected chi connectivity index (χ3v) is 3.54. The summed E-state index contributed by atoms with van der Waals surface area (Å²) in [5.41, 5.74) is 1.16. The number of rotatable bonds is 6. The van der Waals surface area contributed by atoms with Gasteiger partial charge in [-0.05, 0) is 35.4 Å². The third kappa shape index (κ3) is 4.60. The van der Waals surface area contributed by atoms with Gasteiger partial charge in [0.1, 0.15) is 5.82 Å². The van der Waals surface area contributed by atoms with Gasteiger partial charge in [0.25, 0.3) is 0 Å². The normalized spacial score (nSPS) is 10.3. The van der Waals surface area contributed by atoms with Gasteiger partial charge in [-0.2, -0.15) is 0 Å². The Bertz CT molecular complexity index is 706. The maximum Gasteiger partial charge on any atom is 0.224 e. The number of halogens is 2. The number of benzene rings is 2. The van der Waals surface area contributed by atoms with E-state index < -0.39 is 5.82 Å². The van der Waals surface area contributed by atoms with Crippen molar-refractivity contribution in [3.8, 4) is 11.5 Å². The van der Waals surface area contributed by atoms with E-state index in [4.69, 9.17) is 21.1 Å². The summed E-state index contributed by atoms with van der Waals surface area (Å²) in [6.07, 6.45) is -0.0453. The largest absolute Gasteiger partial charge is 0.493 e. The zero-order valence-electron chi connectivity index (χ0n) is 12.9. The Morgan fingerprint density at radius 1 is 1.13 bits per heavy atom. The molecule has 0 unspecified atom stereocenters. The molecule has 23 heavy (non-hydrogen) atoms. The molecule has 2 aromatic rings. The summed E-state index contributed by atoms with van der Waals surface area (Å²) < 4.78 is 24.0. The topological polar surface area (TPSA) is 47.6 Å². The van der Waals surface area contributed by atoms with E-state index in [9.17, 15) is 9.18 Å². The van der Waals surface area contributed by atoms with Crippen molar-refractivity contribution in [3.63, 3.8) is 0 Å². The predicted octanol–water partition coefficient (Wildman–Crippen LogP) is 3.36. The molecule has 0 saturated heterocycles. The lowest BCUT2D eigenvalue weighted by Gasteiger charge is -2.10. The monoisotopic (exact) mass is 337 g/mol. The molecule has 0 bridgehead atoms. The molecule has 2 aromatic carbocycles. The van der Waals surface area contributed by atoms with E-state index in [0.29, 0.717) is 28.6 Å². The smallest absolute Gasteiger partial charge is 0.224 e. The summed E-state index contributed by atoms with van der Waals surface area (Å²) in [6.45, 7) is 0.314. The van der Waals surface area contributed by atoms with Gasteiger partial charge in [0, 0.05) is 11.6 Å². The predicted molar refractivity (Wildman–Crippen MR) is 86.5 cm³/mol. The number of hydrogen-bond donors (Lipinski definition) is 1. The molecule has 0 saturated carbocycles. The zero-order chi connectivity index (χ0) is 16.8. The first kappa shape index (κ1) is 17.1. The number of methoxy groups -OCH3 is 2. The van der Waals surface area contributed by atoms with Crippen LogP contribution in [0, 0.1) is 5.82 Å². The summed E-state index contributed by atoms with van der Waals surface area (Å²) in [4.78, 5) is 11.9. The van der Waals surface area contributed by atoms with Crippen LogP contribution in [0.3, 0.4) is 0 Å². The average molecular weight is 338 g/mol. The van der Waals surface area contributed by atoms with Crippen molar-refractivity contribution in [2.75, 3.05) is 14.2 Å². The van der Waals surface area contributed by atoms with Crippen LogP contribution in [0.4, 0.5) is 4.39 Å². The number of nitrogens with one attached hydrogen (secondary N) is 1. The SMILES string of the molecule is COc1ccc(CNC(=O)Cc2ccc(Cl)cc2F)cc1OC. The number of carbonyl (C=O) groups excluding carboxylic acids is 1. The van der Waals surface area contributed by atoms with Crippen LogP contribution in [0.2, 0.25) is 5.02 Å². The molecule has 4 nitrogen and oxygen atoms in total. The standard InChI is InChI=1S/C17H17ClFNO3/c1-22-15-6-3-11(7-16(15)23-2)10-20-17(21)8-12-4-5-13(18)9-14(12)19/h3-7,9H,8,10H2,1-2H3,(H,20,21). The molecule has 122 valence electrons. The van der Waals surface area contributed by atoms with Gasteiger partial charge >= 0.3 is 0 Å². The number of amides is 1. The minimum Gasteiger partial charge on any atom is -0.493 e. The lowest BCUT2D eigenvalue weighted by molar-refractivity contribution is -0.120. The molecule has 0 aromatic heterocycles. The van der Waals surface area contributed by atoms with E-state index in [1.54, 1.807) is 32.4 Å². The first-order chi connectivity index (χ1) is 11.0. The van der Waals surface area contributed by atoms with Gasteiger partial charge in [0.05, 0.1) is 20.6 Å². The number of ether oxygens (including phenoxy) is 2. The maximum atomic E-state index is 13.7. The quantitative estimate of drug-likeness (QED) is 0.879. The Morgan fingerprint density at radius 2 is 1.87 bits per heavy atom. The van der Waals surface area contributed by atoms with Gasteiger partial charge in [-0.15, -0.1) is 0 Å². The van der Waals surface area contributed by atoms with E-state index in [1.165, 1.54) is 12.1 Å². The van der Waals surface area contributed by atoms with Crippen LogP contribution in [0.1, 0.15) is 11.1 Å².